The van der Waals surface area contributed by atoms with E-state index in [4.69, 9.17) is 14.6 Å². The van der Waals surface area contributed by atoms with Gasteiger partial charge < -0.3 is 25.0 Å². The van der Waals surface area contributed by atoms with Crippen molar-refractivity contribution >= 4 is 5.97 Å². The maximum absolute atomic E-state index is 11.0. The molecular weight excluding hydrogens is 274 g/mol. The molecule has 0 spiro atoms. The van der Waals surface area contributed by atoms with Gasteiger partial charge in [-0.15, -0.1) is 0 Å². The predicted octanol–water partition coefficient (Wildman–Crippen LogP) is 1.12. The largest absolute Gasteiger partial charge is 0.497 e. The van der Waals surface area contributed by atoms with Crippen molar-refractivity contribution in [3.63, 3.8) is 0 Å². The quantitative estimate of drug-likeness (QED) is 0.592. The molecule has 0 heterocycles. The third-order valence-electron chi connectivity index (χ3n) is 3.28. The Balaban J connectivity index is 2.87. The van der Waals surface area contributed by atoms with Crippen molar-refractivity contribution in [2.24, 2.45) is 0 Å². The van der Waals surface area contributed by atoms with Gasteiger partial charge in [0.05, 0.1) is 26.2 Å². The second kappa shape index (κ2) is 8.61. The summed E-state index contributed by atoms with van der Waals surface area (Å²) in [5.41, 5.74) is 1.54. The molecule has 0 aliphatic heterocycles. The van der Waals surface area contributed by atoms with Crippen molar-refractivity contribution in [1.29, 1.82) is 0 Å². The van der Waals surface area contributed by atoms with Crippen LogP contribution in [-0.4, -0.2) is 49.6 Å². The second-order valence-corrected chi connectivity index (χ2v) is 4.82. The maximum atomic E-state index is 11.0. The third-order valence-corrected chi connectivity index (χ3v) is 3.28. The van der Waals surface area contributed by atoms with Gasteiger partial charge in [0.2, 0.25) is 0 Å². The van der Waals surface area contributed by atoms with Gasteiger partial charge in [-0.2, -0.15) is 0 Å². The smallest absolute Gasteiger partial charge is 0.305 e. The zero-order valence-electron chi connectivity index (χ0n) is 12.6. The van der Waals surface area contributed by atoms with E-state index in [0.717, 1.165) is 5.56 Å². The lowest BCUT2D eigenvalue weighted by Crippen LogP contribution is -2.39. The minimum absolute atomic E-state index is 0.170. The van der Waals surface area contributed by atoms with Gasteiger partial charge in [0, 0.05) is 19.7 Å². The first-order chi connectivity index (χ1) is 9.99. The molecule has 0 aliphatic rings. The highest BCUT2D eigenvalue weighted by Gasteiger charge is 2.24. The molecule has 3 N–H and O–H groups in total. The van der Waals surface area contributed by atoms with Gasteiger partial charge in [0.25, 0.3) is 0 Å². The average Bonchev–Trinajstić information content (AvgIpc) is 2.45. The van der Waals surface area contributed by atoms with Crippen LogP contribution < -0.4 is 10.1 Å². The summed E-state index contributed by atoms with van der Waals surface area (Å²) in [4.78, 5) is 11.0. The first-order valence-electron chi connectivity index (χ1n) is 6.76. The summed E-state index contributed by atoms with van der Waals surface area (Å²) in [7, 11) is 3.14. The molecule has 6 nitrogen and oxygen atoms in total. The lowest BCUT2D eigenvalue weighted by molar-refractivity contribution is -0.138. The van der Waals surface area contributed by atoms with E-state index in [1.807, 2.05) is 13.0 Å². The lowest BCUT2D eigenvalue weighted by atomic mass is 9.95. The highest BCUT2D eigenvalue weighted by molar-refractivity contribution is 5.67. The predicted molar refractivity (Wildman–Crippen MR) is 78.6 cm³/mol. The average molecular weight is 297 g/mol. The van der Waals surface area contributed by atoms with Crippen LogP contribution in [-0.2, 0) is 9.53 Å². The van der Waals surface area contributed by atoms with Crippen molar-refractivity contribution in [1.82, 2.24) is 5.32 Å². The molecule has 0 aromatic heterocycles. The van der Waals surface area contributed by atoms with Gasteiger partial charge in [-0.25, -0.2) is 0 Å². The molecule has 6 heteroatoms. The van der Waals surface area contributed by atoms with E-state index in [-0.39, 0.29) is 6.42 Å². The van der Waals surface area contributed by atoms with E-state index in [1.165, 1.54) is 0 Å². The summed E-state index contributed by atoms with van der Waals surface area (Å²) in [6.45, 7) is 2.78. The summed E-state index contributed by atoms with van der Waals surface area (Å²) in [5.74, 6) is -0.263. The Morgan fingerprint density at radius 2 is 2.10 bits per heavy atom. The number of aliphatic hydroxyl groups is 1. The molecule has 0 fully saturated rings. The van der Waals surface area contributed by atoms with E-state index < -0.39 is 18.1 Å². The van der Waals surface area contributed by atoms with E-state index in [2.05, 4.69) is 5.32 Å². The number of aryl methyl sites for hydroxylation is 1. The van der Waals surface area contributed by atoms with E-state index in [9.17, 15) is 9.90 Å². The fourth-order valence-electron chi connectivity index (χ4n) is 2.15. The Morgan fingerprint density at radius 1 is 1.38 bits per heavy atom. The number of benzene rings is 1. The van der Waals surface area contributed by atoms with Crippen LogP contribution in [0.2, 0.25) is 0 Å². The molecule has 1 aromatic carbocycles. The van der Waals surface area contributed by atoms with E-state index in [1.54, 1.807) is 26.4 Å². The number of aliphatic hydroxyl groups excluding tert-OH is 1. The summed E-state index contributed by atoms with van der Waals surface area (Å²) in [5, 5.41) is 22.5. The molecule has 0 saturated heterocycles. The fourth-order valence-corrected chi connectivity index (χ4v) is 2.15. The van der Waals surface area contributed by atoms with Gasteiger partial charge in [-0.3, -0.25) is 4.79 Å². The Hall–Kier alpha value is -1.63. The van der Waals surface area contributed by atoms with Gasteiger partial charge in [-0.05, 0) is 30.2 Å². The van der Waals surface area contributed by atoms with Crippen LogP contribution in [0.5, 0.6) is 5.75 Å². The van der Waals surface area contributed by atoms with E-state index in [0.29, 0.717) is 24.5 Å². The van der Waals surface area contributed by atoms with E-state index >= 15 is 0 Å². The topological polar surface area (TPSA) is 88.0 Å². The number of ether oxygens (including phenoxy) is 2. The fraction of sp³-hybridized carbons (Fsp3) is 0.533. The first-order valence-corrected chi connectivity index (χ1v) is 6.76. The van der Waals surface area contributed by atoms with Crippen LogP contribution in [0.4, 0.5) is 0 Å². The molecule has 118 valence electrons. The Kier molecular flexibility index (Phi) is 7.14. The van der Waals surface area contributed by atoms with Crippen LogP contribution in [0, 0.1) is 6.92 Å². The number of carboxylic acids is 1. The number of carbonyl (C=O) groups is 1. The molecule has 0 bridgehead atoms. The van der Waals surface area contributed by atoms with Crippen molar-refractivity contribution in [3.8, 4) is 5.75 Å². The zero-order chi connectivity index (χ0) is 15.8. The SMILES string of the molecule is COCCNC(CC(=O)O)C(O)c1ccc(OC)cc1C. The normalized spacial score (nSPS) is 13.7. The van der Waals surface area contributed by atoms with Crippen LogP contribution >= 0.6 is 0 Å². The van der Waals surface area contributed by atoms with Gasteiger partial charge in [-0.1, -0.05) is 6.07 Å². The Labute approximate surface area is 124 Å². The second-order valence-electron chi connectivity index (χ2n) is 4.82. The number of carboxylic acid groups (broad SMARTS) is 1. The highest BCUT2D eigenvalue weighted by atomic mass is 16.5. The van der Waals surface area contributed by atoms with Gasteiger partial charge in [0.1, 0.15) is 5.75 Å². The van der Waals surface area contributed by atoms with Gasteiger partial charge in [0.15, 0.2) is 0 Å². The number of nitrogens with one attached hydrogen (secondary N) is 1. The number of hydrogen-bond donors (Lipinski definition) is 3. The molecule has 1 rings (SSSR count). The van der Waals surface area contributed by atoms with Crippen molar-refractivity contribution in [2.45, 2.75) is 25.5 Å². The standard InChI is InChI=1S/C15H23NO5/c1-10-8-11(21-3)4-5-12(10)15(19)13(9-14(17)18)16-6-7-20-2/h4-5,8,13,15-16,19H,6-7,9H2,1-3H3,(H,17,18). The molecule has 2 atom stereocenters. The van der Waals surface area contributed by atoms with Gasteiger partial charge >= 0.3 is 5.97 Å². The summed E-state index contributed by atoms with van der Waals surface area (Å²) < 4.78 is 10.1. The Morgan fingerprint density at radius 3 is 2.62 bits per heavy atom. The van der Waals surface area contributed by atoms with Crippen molar-refractivity contribution in [2.75, 3.05) is 27.4 Å². The van der Waals surface area contributed by atoms with Crippen molar-refractivity contribution < 1.29 is 24.5 Å². The number of aliphatic carboxylic acids is 1. The molecule has 1 aromatic rings. The summed E-state index contributed by atoms with van der Waals surface area (Å²) in [6.07, 6.45) is -1.08. The minimum Gasteiger partial charge on any atom is -0.497 e. The summed E-state index contributed by atoms with van der Waals surface area (Å²) in [6, 6.07) is 4.74. The monoisotopic (exact) mass is 297 g/mol. The van der Waals surface area contributed by atoms with Crippen LogP contribution in [0.3, 0.4) is 0 Å². The molecular formula is C15H23NO5. The number of rotatable bonds is 9. The van der Waals surface area contributed by atoms with Crippen LogP contribution in [0.25, 0.3) is 0 Å². The molecule has 0 aliphatic carbocycles. The maximum Gasteiger partial charge on any atom is 0.305 e. The first kappa shape index (κ1) is 17.4. The molecule has 0 radical (unpaired) electrons. The highest BCUT2D eigenvalue weighted by Crippen LogP contribution is 2.25. The molecule has 0 amide bonds. The van der Waals surface area contributed by atoms with Crippen molar-refractivity contribution in [3.05, 3.63) is 29.3 Å². The Bertz CT molecular complexity index is 463. The van der Waals surface area contributed by atoms with Crippen LogP contribution in [0.1, 0.15) is 23.7 Å². The third kappa shape index (κ3) is 5.34. The zero-order valence-corrected chi connectivity index (χ0v) is 12.6. The molecule has 0 saturated carbocycles. The molecule has 21 heavy (non-hydrogen) atoms. The minimum atomic E-state index is -0.963. The summed E-state index contributed by atoms with van der Waals surface area (Å²) >= 11 is 0. The number of hydrogen-bond acceptors (Lipinski definition) is 5. The lowest BCUT2D eigenvalue weighted by Gasteiger charge is -2.24. The van der Waals surface area contributed by atoms with Crippen LogP contribution in [0.15, 0.2) is 18.2 Å². The molecule has 2 unspecified atom stereocenters. The number of methoxy groups -OCH3 is 2.